The molecule has 3 aromatic rings. The van der Waals surface area contributed by atoms with E-state index in [9.17, 15) is 5.11 Å². The summed E-state index contributed by atoms with van der Waals surface area (Å²) in [5.41, 5.74) is 5.35. The lowest BCUT2D eigenvalue weighted by Crippen LogP contribution is -2.30. The number of aryl methyl sites for hydroxylation is 1. The summed E-state index contributed by atoms with van der Waals surface area (Å²) in [4.78, 5) is 4.72. The lowest BCUT2D eigenvalue weighted by molar-refractivity contribution is 0.280. The molecule has 0 aliphatic rings. The van der Waals surface area contributed by atoms with Crippen molar-refractivity contribution in [3.05, 3.63) is 101 Å². The van der Waals surface area contributed by atoms with Gasteiger partial charge in [-0.3, -0.25) is 0 Å². The molecule has 28 heavy (non-hydrogen) atoms. The molecule has 5 heteroatoms. The quantitative estimate of drug-likeness (QED) is 0.265. The lowest BCUT2D eigenvalue weighted by atomic mass is 10.1. The number of hydrogen-bond donors (Lipinski definition) is 3. The minimum Gasteiger partial charge on any atom is -0.392 e. The third-order valence-electron chi connectivity index (χ3n) is 4.31. The number of aliphatic hydroxyl groups is 1. The van der Waals surface area contributed by atoms with Crippen LogP contribution < -0.4 is 10.6 Å². The monoisotopic (exact) mass is 487 g/mol. The minimum atomic E-state index is 0. The Labute approximate surface area is 183 Å². The Hall–Kier alpha value is -2.38. The summed E-state index contributed by atoms with van der Waals surface area (Å²) in [7, 11) is 0. The molecule has 0 spiro atoms. The topological polar surface area (TPSA) is 56.7 Å². The van der Waals surface area contributed by atoms with E-state index in [2.05, 4.69) is 41.8 Å². The molecule has 0 saturated heterocycles. The second-order valence-electron chi connectivity index (χ2n) is 6.42. The van der Waals surface area contributed by atoms with E-state index in [1.165, 1.54) is 5.56 Å². The predicted molar refractivity (Wildman–Crippen MR) is 127 cm³/mol. The van der Waals surface area contributed by atoms with Crippen LogP contribution in [0.5, 0.6) is 0 Å². The molecule has 0 atom stereocenters. The van der Waals surface area contributed by atoms with E-state index >= 15 is 0 Å². The molecule has 0 aromatic heterocycles. The van der Waals surface area contributed by atoms with E-state index in [1.54, 1.807) is 0 Å². The Morgan fingerprint density at radius 3 is 2.18 bits per heavy atom. The van der Waals surface area contributed by atoms with Crippen LogP contribution in [0.4, 0.5) is 5.69 Å². The third-order valence-corrected chi connectivity index (χ3v) is 4.31. The molecule has 3 aromatic carbocycles. The highest BCUT2D eigenvalue weighted by Gasteiger charge is 2.04. The van der Waals surface area contributed by atoms with Crippen molar-refractivity contribution in [3.63, 3.8) is 0 Å². The molecule has 0 unspecified atom stereocenters. The maximum Gasteiger partial charge on any atom is 0.196 e. The normalized spacial score (nSPS) is 10.9. The standard InChI is InChI=1S/C23H25N3O.HI/c1-18-11-13-19(14-12-18)15-24-23(26-22-9-3-2-4-10-22)25-16-20-7-5-6-8-21(20)17-27;/h2-14,27H,15-17H2,1H3,(H2,24,25,26);1H. The van der Waals surface area contributed by atoms with Gasteiger partial charge in [-0.05, 0) is 35.7 Å². The summed E-state index contributed by atoms with van der Waals surface area (Å²) in [6.07, 6.45) is 0. The van der Waals surface area contributed by atoms with Crippen molar-refractivity contribution < 1.29 is 5.11 Å². The van der Waals surface area contributed by atoms with E-state index in [0.717, 1.165) is 22.4 Å². The number of benzene rings is 3. The molecule has 0 amide bonds. The molecule has 4 nitrogen and oxygen atoms in total. The van der Waals surface area contributed by atoms with Gasteiger partial charge in [-0.25, -0.2) is 4.99 Å². The van der Waals surface area contributed by atoms with Crippen LogP contribution in [0.15, 0.2) is 83.9 Å². The molecule has 0 heterocycles. The van der Waals surface area contributed by atoms with Crippen LogP contribution in [0.3, 0.4) is 0 Å². The second-order valence-corrected chi connectivity index (χ2v) is 6.42. The van der Waals surface area contributed by atoms with E-state index in [4.69, 9.17) is 4.99 Å². The minimum absolute atomic E-state index is 0. The first-order chi connectivity index (χ1) is 13.2. The average Bonchev–Trinajstić information content (AvgIpc) is 2.72. The molecule has 0 aliphatic carbocycles. The van der Waals surface area contributed by atoms with Crippen LogP contribution in [-0.4, -0.2) is 11.1 Å². The number of nitrogens with zero attached hydrogens (tertiary/aromatic N) is 1. The summed E-state index contributed by atoms with van der Waals surface area (Å²) in [6, 6.07) is 26.2. The molecule has 0 saturated carbocycles. The zero-order valence-corrected chi connectivity index (χ0v) is 18.3. The van der Waals surface area contributed by atoms with Crippen LogP contribution in [0.1, 0.15) is 22.3 Å². The largest absolute Gasteiger partial charge is 0.392 e. The number of nitrogens with one attached hydrogen (secondary N) is 2. The SMILES string of the molecule is Cc1ccc(CN=C(NCc2ccccc2CO)Nc2ccccc2)cc1.I. The fourth-order valence-electron chi connectivity index (χ4n) is 2.72. The van der Waals surface area contributed by atoms with Crippen molar-refractivity contribution in [1.82, 2.24) is 5.32 Å². The highest BCUT2D eigenvalue weighted by Crippen LogP contribution is 2.10. The second kappa shape index (κ2) is 11.5. The fourth-order valence-corrected chi connectivity index (χ4v) is 2.72. The van der Waals surface area contributed by atoms with Gasteiger partial charge in [0.05, 0.1) is 13.2 Å². The number of aliphatic hydroxyl groups excluding tert-OH is 1. The van der Waals surface area contributed by atoms with Crippen molar-refractivity contribution in [3.8, 4) is 0 Å². The first-order valence-electron chi connectivity index (χ1n) is 9.08. The van der Waals surface area contributed by atoms with Crippen molar-refractivity contribution >= 4 is 35.6 Å². The zero-order chi connectivity index (χ0) is 18.9. The van der Waals surface area contributed by atoms with Crippen LogP contribution in [0, 0.1) is 6.92 Å². The zero-order valence-electron chi connectivity index (χ0n) is 15.9. The van der Waals surface area contributed by atoms with Crippen molar-refractivity contribution in [2.45, 2.75) is 26.6 Å². The van der Waals surface area contributed by atoms with E-state index in [-0.39, 0.29) is 30.6 Å². The number of guanidine groups is 1. The summed E-state index contributed by atoms with van der Waals surface area (Å²) < 4.78 is 0. The van der Waals surface area contributed by atoms with Gasteiger partial charge in [0.1, 0.15) is 0 Å². The van der Waals surface area contributed by atoms with Crippen molar-refractivity contribution in [1.29, 1.82) is 0 Å². The van der Waals surface area contributed by atoms with Crippen molar-refractivity contribution in [2.24, 2.45) is 4.99 Å². The molecular formula is C23H26IN3O. The van der Waals surface area contributed by atoms with Gasteiger partial charge in [-0.15, -0.1) is 24.0 Å². The van der Waals surface area contributed by atoms with Gasteiger partial charge in [0.2, 0.25) is 0 Å². The van der Waals surface area contributed by atoms with Crippen LogP contribution in [0.25, 0.3) is 0 Å². The Balaban J connectivity index is 0.00000280. The van der Waals surface area contributed by atoms with Gasteiger partial charge in [-0.2, -0.15) is 0 Å². The number of anilines is 1. The van der Waals surface area contributed by atoms with E-state index in [1.807, 2.05) is 54.6 Å². The summed E-state index contributed by atoms with van der Waals surface area (Å²) in [5.74, 6) is 0.703. The first kappa shape index (κ1) is 21.9. The number of para-hydroxylation sites is 1. The molecule has 3 N–H and O–H groups in total. The van der Waals surface area contributed by atoms with Gasteiger partial charge in [0, 0.05) is 12.2 Å². The summed E-state index contributed by atoms with van der Waals surface area (Å²) in [6.45, 7) is 3.28. The predicted octanol–water partition coefficient (Wildman–Crippen LogP) is 4.86. The number of halogens is 1. The Kier molecular flexibility index (Phi) is 8.97. The lowest BCUT2D eigenvalue weighted by Gasteiger charge is -2.14. The molecule has 0 aliphatic heterocycles. The van der Waals surface area contributed by atoms with E-state index in [0.29, 0.717) is 19.0 Å². The van der Waals surface area contributed by atoms with Crippen LogP contribution in [0.2, 0.25) is 0 Å². The highest BCUT2D eigenvalue weighted by atomic mass is 127. The maximum atomic E-state index is 9.52. The molecule has 3 rings (SSSR count). The van der Waals surface area contributed by atoms with Gasteiger partial charge in [0.25, 0.3) is 0 Å². The molecule has 0 fully saturated rings. The number of aliphatic imine (C=N–C) groups is 1. The Bertz CT molecular complexity index is 880. The molecular weight excluding hydrogens is 461 g/mol. The third kappa shape index (κ3) is 6.65. The molecule has 146 valence electrons. The van der Waals surface area contributed by atoms with Crippen LogP contribution in [-0.2, 0) is 19.7 Å². The van der Waals surface area contributed by atoms with Gasteiger partial charge >= 0.3 is 0 Å². The van der Waals surface area contributed by atoms with Gasteiger partial charge < -0.3 is 15.7 Å². The average molecular weight is 487 g/mol. The number of rotatable bonds is 6. The summed E-state index contributed by atoms with van der Waals surface area (Å²) >= 11 is 0. The van der Waals surface area contributed by atoms with Crippen LogP contribution >= 0.6 is 24.0 Å². The molecule has 0 radical (unpaired) electrons. The summed E-state index contributed by atoms with van der Waals surface area (Å²) in [5, 5.41) is 16.2. The van der Waals surface area contributed by atoms with Crippen molar-refractivity contribution in [2.75, 3.05) is 5.32 Å². The number of hydrogen-bond acceptors (Lipinski definition) is 2. The smallest absolute Gasteiger partial charge is 0.196 e. The van der Waals surface area contributed by atoms with E-state index < -0.39 is 0 Å². The first-order valence-corrected chi connectivity index (χ1v) is 9.08. The molecule has 0 bridgehead atoms. The maximum absolute atomic E-state index is 9.52. The Morgan fingerprint density at radius 1 is 0.857 bits per heavy atom. The highest BCUT2D eigenvalue weighted by molar-refractivity contribution is 14.0. The van der Waals surface area contributed by atoms with Gasteiger partial charge in [0.15, 0.2) is 5.96 Å². The Morgan fingerprint density at radius 2 is 1.50 bits per heavy atom. The fraction of sp³-hybridized carbons (Fsp3) is 0.174. The van der Waals surface area contributed by atoms with Gasteiger partial charge in [-0.1, -0.05) is 72.3 Å².